The molecule has 0 aliphatic carbocycles. The Morgan fingerprint density at radius 2 is 0.548 bits per heavy atom. The van der Waals surface area contributed by atoms with Crippen LogP contribution in [0.4, 0.5) is 0 Å². The lowest BCUT2D eigenvalue weighted by atomic mass is 9.90. The van der Waals surface area contributed by atoms with E-state index in [9.17, 15) is 0 Å². The van der Waals surface area contributed by atoms with Gasteiger partial charge in [-0.3, -0.25) is 0 Å². The van der Waals surface area contributed by atoms with Crippen LogP contribution in [-0.2, 0) is 54.5 Å². The van der Waals surface area contributed by atoms with E-state index in [0.29, 0.717) is 42.0 Å². The van der Waals surface area contributed by atoms with Crippen LogP contribution in [0.2, 0.25) is 0 Å². The molecule has 0 spiro atoms. The fraction of sp³-hybridized carbons (Fsp3) is 0.318. The first kappa shape index (κ1) is 78.2. The first-order valence-corrected chi connectivity index (χ1v) is 41.7. The first-order chi connectivity index (χ1) is 56.7. The van der Waals surface area contributed by atoms with Gasteiger partial charge in [-0.2, -0.15) is 22.8 Å². The maximum Gasteiger partial charge on any atom is 0.220 e. The van der Waals surface area contributed by atoms with Gasteiger partial charge >= 0.3 is 0 Å². The number of hydrogen-bond acceptors (Lipinski definition) is 0. The van der Waals surface area contributed by atoms with Crippen molar-refractivity contribution in [3.8, 4) is 56.3 Å². The van der Waals surface area contributed by atoms with Gasteiger partial charge in [-0.15, -0.1) is 0 Å². The molecule has 0 saturated carbocycles. The Morgan fingerprint density at radius 1 is 0.252 bits per heavy atom. The molecule has 0 bridgehead atoms. The summed E-state index contributed by atoms with van der Waals surface area (Å²) in [5.74, 6) is 0.994. The predicted molar refractivity (Wildman–Crippen MR) is 494 cm³/mol. The molecule has 15 aromatic rings. The van der Waals surface area contributed by atoms with Gasteiger partial charge < -0.3 is 0 Å². The van der Waals surface area contributed by atoms with E-state index >= 15 is 0 Å². The van der Waals surface area contributed by atoms with Crippen LogP contribution in [0.3, 0.4) is 0 Å². The van der Waals surface area contributed by atoms with Crippen molar-refractivity contribution >= 4 is 53.9 Å². The van der Waals surface area contributed by atoms with Crippen LogP contribution in [0.15, 0.2) is 194 Å². The largest absolute Gasteiger partial charge is 0.220 e. The molecule has 115 heavy (non-hydrogen) atoms. The molecular weight excluding hydrogens is 1390 g/mol. The Bertz CT molecular complexity index is 6470. The summed E-state index contributed by atoms with van der Waals surface area (Å²) < 4.78 is 53.6. The van der Waals surface area contributed by atoms with Gasteiger partial charge in [-0.25, -0.2) is 0 Å². The maximum atomic E-state index is 8.57. The quantitative estimate of drug-likeness (QED) is 0.122. The third-order valence-electron chi connectivity index (χ3n) is 24.4. The highest BCUT2D eigenvalue weighted by molar-refractivity contribution is 5.99. The molecular formula is C110H130N5+5. The summed E-state index contributed by atoms with van der Waals surface area (Å²) in [7, 11) is 10.4. The number of benzene rings is 10. The van der Waals surface area contributed by atoms with Crippen LogP contribution in [0.25, 0.3) is 110 Å². The average molecular weight is 1530 g/mol. The number of aromatic nitrogens is 5. The number of rotatable bonds is 10. The van der Waals surface area contributed by atoms with Crippen molar-refractivity contribution in [3.05, 3.63) is 323 Å². The Kier molecular flexibility index (Phi) is 24.2. The van der Waals surface area contributed by atoms with E-state index in [0.717, 1.165) is 96.2 Å². The summed E-state index contributed by atoms with van der Waals surface area (Å²) >= 11 is 0. The van der Waals surface area contributed by atoms with Crippen LogP contribution < -0.4 is 22.8 Å². The Hall–Kier alpha value is -10.8. The smallest absolute Gasteiger partial charge is 0.198 e. The Balaban J connectivity index is 0.000000147. The molecule has 10 aromatic carbocycles. The highest BCUT2D eigenvalue weighted by atomic mass is 15.0. The molecule has 0 fully saturated rings. The van der Waals surface area contributed by atoms with Crippen LogP contribution in [0, 0.1) is 125 Å². The summed E-state index contributed by atoms with van der Waals surface area (Å²) in [6.07, 6.45) is 3.11. The molecule has 590 valence electrons. The van der Waals surface area contributed by atoms with Gasteiger partial charge in [-0.05, 0) is 275 Å². The molecule has 0 aliphatic rings. The van der Waals surface area contributed by atoms with E-state index < -0.39 is 0 Å². The molecule has 5 nitrogen and oxygen atoms in total. The van der Waals surface area contributed by atoms with Crippen molar-refractivity contribution in [3.63, 3.8) is 0 Å². The topological polar surface area (TPSA) is 19.4 Å². The lowest BCUT2D eigenvalue weighted by Crippen LogP contribution is -2.35. The Morgan fingerprint density at radius 3 is 0.887 bits per heavy atom. The molecule has 0 amide bonds. The zero-order valence-corrected chi connectivity index (χ0v) is 75.1. The lowest BCUT2D eigenvalue weighted by molar-refractivity contribution is -0.665. The minimum atomic E-state index is 0.494. The number of fused-ring (bicyclic) bond motifs is 5. The third kappa shape index (κ3) is 18.0. The first-order valence-electron chi connectivity index (χ1n) is 44.2. The highest BCUT2D eigenvalue weighted by Crippen LogP contribution is 2.39. The van der Waals surface area contributed by atoms with Crippen LogP contribution >= 0.6 is 0 Å². The van der Waals surface area contributed by atoms with Crippen molar-refractivity contribution in [1.82, 2.24) is 0 Å². The molecule has 0 saturated heterocycles. The number of nitrogens with zero attached hydrogens (tertiary/aromatic N) is 5. The van der Waals surface area contributed by atoms with E-state index in [2.05, 4.69) is 360 Å². The van der Waals surface area contributed by atoms with E-state index in [1.807, 2.05) is 34.6 Å². The zero-order valence-electron chi connectivity index (χ0n) is 80.1. The van der Waals surface area contributed by atoms with Gasteiger partial charge in [0.25, 0.3) is 0 Å². The maximum absolute atomic E-state index is 8.57. The van der Waals surface area contributed by atoms with Gasteiger partial charge in [0.05, 0.1) is 50.5 Å². The molecule has 0 unspecified atom stereocenters. The molecule has 0 radical (unpaired) electrons. The van der Waals surface area contributed by atoms with E-state index in [4.69, 9.17) is 6.85 Å². The lowest BCUT2D eigenvalue weighted by Gasteiger charge is -2.15. The summed E-state index contributed by atoms with van der Waals surface area (Å²) in [6, 6.07) is 62.7. The standard InChI is InChI=1S/2C23H28N.C22H26N.2C21H24N/c1-14(2)19-11-16(4)18(6)22(13-19)23-21-9-8-15(3)10-20(21)12-17(5)24(23)7;1-7-18-13-19(8-2)17(5)22(14-18)23-21-10-9-15(3)11-20(21)12-16(4)24(23)6;1-14(2)18-9-8-16(4)21(13-18)22-20-10-7-15(3)11-19(20)12-17(5)23(22)6;1-13-7-8-19-18(10-13)12-16(4)22(6)21(19)20-11-14(2)9-15(3)17(20)5;1-6-17-9-8-15(3)20(13-17)21-19-10-7-14(2)11-18(19)12-16(4)22(21)5/h8-14H,1-7H3;9-14H,7-8H2,1-6H3;7-14H,1-6H3;7-12H,1-6H3;7-13H,6H2,1-5H3/q5*+1/i5*12D. The summed E-state index contributed by atoms with van der Waals surface area (Å²) in [6.45, 7) is 53.7. The Labute approximate surface area is 697 Å². The molecule has 5 aromatic heterocycles. The van der Waals surface area contributed by atoms with Gasteiger partial charge in [0, 0.05) is 76.0 Å². The van der Waals surface area contributed by atoms with Crippen molar-refractivity contribution in [1.29, 1.82) is 0 Å². The second-order valence-electron chi connectivity index (χ2n) is 33.6. The fourth-order valence-electron chi connectivity index (χ4n) is 16.4. The second kappa shape index (κ2) is 35.6. The van der Waals surface area contributed by atoms with Crippen LogP contribution in [0.5, 0.6) is 0 Å². The molecule has 5 heterocycles. The van der Waals surface area contributed by atoms with Gasteiger partial charge in [-0.1, -0.05) is 185 Å². The van der Waals surface area contributed by atoms with Crippen LogP contribution in [0.1, 0.15) is 196 Å². The fourth-order valence-corrected chi connectivity index (χ4v) is 16.4. The van der Waals surface area contributed by atoms with E-state index in [1.165, 1.54) is 162 Å². The summed E-state index contributed by atoms with van der Waals surface area (Å²) in [4.78, 5) is 0. The van der Waals surface area contributed by atoms with Gasteiger partial charge in [0.2, 0.25) is 28.5 Å². The number of aryl methyl sites for hydroxylation is 13. The number of pyridine rings is 5. The molecule has 0 aliphatic heterocycles. The minimum absolute atomic E-state index is 0.494. The van der Waals surface area contributed by atoms with Gasteiger partial charge in [0.1, 0.15) is 35.2 Å². The second-order valence-corrected chi connectivity index (χ2v) is 33.6. The monoisotopic (exact) mass is 1530 g/mol. The van der Waals surface area contributed by atoms with Gasteiger partial charge in [0.15, 0.2) is 28.5 Å². The average Bonchev–Trinajstić information content (AvgIpc) is 0.748. The molecule has 5 heteroatoms. The normalized spacial score (nSPS) is 11.9. The summed E-state index contributed by atoms with van der Waals surface area (Å²) in [5.41, 5.74) is 40.7. The SMILES string of the molecule is [2H]c1c(C)[n+](C)c(-c2cc(C(C)C)cc(C)c2C)c2ccc(C)cc12.[2H]c1c(C)[n+](C)c(-c2cc(C(C)C)ccc2C)c2ccc(C)cc12.[2H]c1c(C)[n+](C)c(-c2cc(C)cc(C)c2C)c2ccc(C)cc12.[2H]c1c(C)[n+](C)c(-c2cc(CC)cc(CC)c2C)c2ccc(C)cc12.[2H]c1c(C)[n+](C)c(-c2cc(CC)ccc2C)c2ccc(C)cc12. The molecule has 0 N–H and O–H groups in total. The van der Waals surface area contributed by atoms with Crippen molar-refractivity contribution in [2.45, 2.75) is 204 Å². The number of hydrogen-bond donors (Lipinski definition) is 0. The zero-order chi connectivity index (χ0) is 88.0. The molecule has 0 atom stereocenters. The minimum Gasteiger partial charge on any atom is -0.198 e. The van der Waals surface area contributed by atoms with Crippen molar-refractivity contribution in [2.24, 2.45) is 35.2 Å². The third-order valence-corrected chi connectivity index (χ3v) is 24.4. The van der Waals surface area contributed by atoms with E-state index in [1.54, 1.807) is 0 Å². The van der Waals surface area contributed by atoms with E-state index in [-0.39, 0.29) is 0 Å². The molecule has 15 rings (SSSR count). The highest BCUT2D eigenvalue weighted by Gasteiger charge is 2.27. The van der Waals surface area contributed by atoms with Crippen LogP contribution in [-0.4, -0.2) is 0 Å². The van der Waals surface area contributed by atoms with Crippen molar-refractivity contribution < 1.29 is 29.7 Å². The predicted octanol–water partition coefficient (Wildman–Crippen LogP) is 26.1. The van der Waals surface area contributed by atoms with Crippen molar-refractivity contribution in [2.75, 3.05) is 0 Å². The summed E-state index contributed by atoms with van der Waals surface area (Å²) in [5, 5.41) is 11.0.